The molecule has 3 heteroatoms. The first-order valence-electron chi connectivity index (χ1n) is 4.95. The van der Waals surface area contributed by atoms with Crippen LogP contribution in [0.1, 0.15) is 5.56 Å². The maximum Gasteiger partial charge on any atom is 0.0458 e. The van der Waals surface area contributed by atoms with Crippen LogP contribution in [0.2, 0.25) is 5.02 Å². The quantitative estimate of drug-likeness (QED) is 0.800. The van der Waals surface area contributed by atoms with Gasteiger partial charge in [-0.05, 0) is 42.8 Å². The number of benzene rings is 2. The summed E-state index contributed by atoms with van der Waals surface area (Å²) in [5.74, 6) is 0. The number of hydrogen-bond donors (Lipinski definition) is 1. The Kier molecular flexibility index (Phi) is 3.42. The summed E-state index contributed by atoms with van der Waals surface area (Å²) in [4.78, 5) is 2.26. The number of nitrogens with two attached hydrogens (primary N) is 1. The Morgan fingerprint density at radius 3 is 2.38 bits per heavy atom. The third-order valence-electron chi connectivity index (χ3n) is 2.28. The van der Waals surface area contributed by atoms with Gasteiger partial charge in [-0.2, -0.15) is 0 Å². The zero-order chi connectivity index (χ0) is 11.5. The van der Waals surface area contributed by atoms with Gasteiger partial charge in [-0.3, -0.25) is 0 Å². The highest BCUT2D eigenvalue weighted by atomic mass is 35.5. The van der Waals surface area contributed by atoms with Crippen LogP contribution < -0.4 is 5.73 Å². The second kappa shape index (κ2) is 4.81. The van der Waals surface area contributed by atoms with E-state index in [9.17, 15) is 0 Å². The summed E-state index contributed by atoms with van der Waals surface area (Å²) >= 11 is 7.51. The Morgan fingerprint density at radius 1 is 1.06 bits per heavy atom. The average Bonchev–Trinajstić information content (AvgIpc) is 2.26. The van der Waals surface area contributed by atoms with Gasteiger partial charge in [-0.15, -0.1) is 0 Å². The zero-order valence-electron chi connectivity index (χ0n) is 8.91. The molecule has 0 fully saturated rings. The number of nitrogen functional groups attached to an aromatic ring is 1. The van der Waals surface area contributed by atoms with E-state index in [-0.39, 0.29) is 0 Å². The Bertz CT molecular complexity index is 474. The lowest BCUT2D eigenvalue weighted by Gasteiger charge is -2.08. The van der Waals surface area contributed by atoms with Crippen LogP contribution in [0.5, 0.6) is 0 Å². The van der Waals surface area contributed by atoms with Gasteiger partial charge in [0.15, 0.2) is 0 Å². The zero-order valence-corrected chi connectivity index (χ0v) is 10.5. The van der Waals surface area contributed by atoms with Crippen LogP contribution in [-0.2, 0) is 0 Å². The van der Waals surface area contributed by atoms with Crippen LogP contribution in [0, 0.1) is 6.92 Å². The van der Waals surface area contributed by atoms with Crippen molar-refractivity contribution < 1.29 is 0 Å². The van der Waals surface area contributed by atoms with E-state index in [4.69, 9.17) is 17.3 Å². The van der Waals surface area contributed by atoms with Crippen molar-refractivity contribution in [2.24, 2.45) is 0 Å². The van der Waals surface area contributed by atoms with Crippen LogP contribution in [0.25, 0.3) is 0 Å². The van der Waals surface area contributed by atoms with Crippen LogP contribution in [-0.4, -0.2) is 0 Å². The molecule has 0 radical (unpaired) electrons. The molecular formula is C13H12ClNS. The van der Waals surface area contributed by atoms with Crippen molar-refractivity contribution in [3.63, 3.8) is 0 Å². The largest absolute Gasteiger partial charge is 0.398 e. The van der Waals surface area contributed by atoms with E-state index in [1.165, 1.54) is 5.56 Å². The van der Waals surface area contributed by atoms with Gasteiger partial charge in [-0.1, -0.05) is 35.5 Å². The SMILES string of the molecule is Cc1cccc(N)c1Sc1ccc(Cl)cc1. The normalized spacial score (nSPS) is 10.4. The fourth-order valence-electron chi connectivity index (χ4n) is 1.44. The maximum atomic E-state index is 5.95. The van der Waals surface area contributed by atoms with E-state index in [1.807, 2.05) is 36.4 Å². The molecule has 2 aromatic carbocycles. The summed E-state index contributed by atoms with van der Waals surface area (Å²) in [6, 6.07) is 13.7. The molecule has 0 aromatic heterocycles. The highest BCUT2D eigenvalue weighted by molar-refractivity contribution is 7.99. The van der Waals surface area contributed by atoms with E-state index in [0.717, 1.165) is 20.5 Å². The second-order valence-corrected chi connectivity index (χ2v) is 5.07. The Labute approximate surface area is 105 Å². The van der Waals surface area contributed by atoms with Crippen LogP contribution in [0.3, 0.4) is 0 Å². The second-order valence-electron chi connectivity index (χ2n) is 3.55. The molecule has 0 atom stereocenters. The number of rotatable bonds is 2. The Hall–Kier alpha value is -1.12. The smallest absolute Gasteiger partial charge is 0.0458 e. The summed E-state index contributed by atoms with van der Waals surface area (Å²) in [6.07, 6.45) is 0. The minimum Gasteiger partial charge on any atom is -0.398 e. The molecule has 1 nitrogen and oxygen atoms in total. The first kappa shape index (κ1) is 11.4. The minimum atomic E-state index is 0.752. The summed E-state index contributed by atoms with van der Waals surface area (Å²) in [6.45, 7) is 2.06. The molecule has 2 aromatic rings. The molecule has 0 saturated carbocycles. The molecule has 0 saturated heterocycles. The molecule has 0 aliphatic heterocycles. The first-order valence-corrected chi connectivity index (χ1v) is 6.15. The predicted molar refractivity (Wildman–Crippen MR) is 71.2 cm³/mol. The van der Waals surface area contributed by atoms with Crippen molar-refractivity contribution in [2.45, 2.75) is 16.7 Å². The van der Waals surface area contributed by atoms with Gasteiger partial charge >= 0.3 is 0 Å². The maximum absolute atomic E-state index is 5.95. The first-order chi connectivity index (χ1) is 7.66. The molecule has 0 aliphatic rings. The van der Waals surface area contributed by atoms with Crippen LogP contribution in [0.4, 0.5) is 5.69 Å². The van der Waals surface area contributed by atoms with Gasteiger partial charge < -0.3 is 5.73 Å². The third-order valence-corrected chi connectivity index (χ3v) is 3.80. The molecule has 16 heavy (non-hydrogen) atoms. The van der Waals surface area contributed by atoms with Gasteiger partial charge in [0.25, 0.3) is 0 Å². The Balaban J connectivity index is 2.30. The number of anilines is 1. The van der Waals surface area contributed by atoms with Gasteiger partial charge in [0.2, 0.25) is 0 Å². The van der Waals surface area contributed by atoms with Crippen molar-refractivity contribution in [3.05, 3.63) is 53.1 Å². The van der Waals surface area contributed by atoms with Crippen molar-refractivity contribution in [1.29, 1.82) is 0 Å². The highest BCUT2D eigenvalue weighted by Gasteiger charge is 2.04. The molecule has 2 rings (SSSR count). The monoisotopic (exact) mass is 249 g/mol. The lowest BCUT2D eigenvalue weighted by molar-refractivity contribution is 1.30. The van der Waals surface area contributed by atoms with E-state index in [2.05, 4.69) is 13.0 Å². The molecular weight excluding hydrogens is 238 g/mol. The van der Waals surface area contributed by atoms with Crippen molar-refractivity contribution in [2.75, 3.05) is 5.73 Å². The standard InChI is InChI=1S/C13H12ClNS/c1-9-3-2-4-12(15)13(9)16-11-7-5-10(14)6-8-11/h2-8H,15H2,1H3. The van der Waals surface area contributed by atoms with E-state index in [1.54, 1.807) is 11.8 Å². The molecule has 82 valence electrons. The van der Waals surface area contributed by atoms with E-state index in [0.29, 0.717) is 0 Å². The molecule has 0 aliphatic carbocycles. The summed E-state index contributed by atoms with van der Waals surface area (Å²) < 4.78 is 0. The molecule has 2 N–H and O–H groups in total. The van der Waals surface area contributed by atoms with Crippen LogP contribution in [0.15, 0.2) is 52.3 Å². The summed E-state index contributed by atoms with van der Waals surface area (Å²) in [5, 5.41) is 0.752. The highest BCUT2D eigenvalue weighted by Crippen LogP contribution is 2.34. The lowest BCUT2D eigenvalue weighted by Crippen LogP contribution is -1.90. The molecule has 0 amide bonds. The van der Waals surface area contributed by atoms with E-state index < -0.39 is 0 Å². The van der Waals surface area contributed by atoms with Crippen molar-refractivity contribution in [1.82, 2.24) is 0 Å². The van der Waals surface area contributed by atoms with E-state index >= 15 is 0 Å². The summed E-state index contributed by atoms with van der Waals surface area (Å²) in [5.41, 5.74) is 7.97. The molecule has 0 spiro atoms. The third kappa shape index (κ3) is 2.52. The number of halogens is 1. The van der Waals surface area contributed by atoms with Gasteiger partial charge in [-0.25, -0.2) is 0 Å². The molecule has 0 bridgehead atoms. The number of aryl methyl sites for hydroxylation is 1. The Morgan fingerprint density at radius 2 is 1.75 bits per heavy atom. The summed E-state index contributed by atoms with van der Waals surface area (Å²) in [7, 11) is 0. The minimum absolute atomic E-state index is 0.752. The van der Waals surface area contributed by atoms with Crippen LogP contribution >= 0.6 is 23.4 Å². The predicted octanol–water partition coefficient (Wildman–Crippen LogP) is 4.38. The average molecular weight is 250 g/mol. The fraction of sp³-hybridized carbons (Fsp3) is 0.0769. The number of hydrogen-bond acceptors (Lipinski definition) is 2. The molecule has 0 heterocycles. The van der Waals surface area contributed by atoms with Gasteiger partial charge in [0.05, 0.1) is 0 Å². The van der Waals surface area contributed by atoms with Crippen molar-refractivity contribution in [3.8, 4) is 0 Å². The van der Waals surface area contributed by atoms with Gasteiger partial charge in [0, 0.05) is 20.5 Å². The van der Waals surface area contributed by atoms with Crippen molar-refractivity contribution >= 4 is 29.1 Å². The van der Waals surface area contributed by atoms with Gasteiger partial charge in [0.1, 0.15) is 0 Å². The lowest BCUT2D eigenvalue weighted by atomic mass is 10.2. The topological polar surface area (TPSA) is 26.0 Å². The fourth-order valence-corrected chi connectivity index (χ4v) is 2.48. The molecule has 0 unspecified atom stereocenters.